The summed E-state index contributed by atoms with van der Waals surface area (Å²) in [6.07, 6.45) is 3.67. The lowest BCUT2D eigenvalue weighted by Gasteiger charge is -2.14. The largest absolute Gasteiger partial charge is 0.355 e. The number of nitrogens with zero attached hydrogens (tertiary/aromatic N) is 4. The number of aromatic nitrogens is 2. The number of fused-ring (bicyclic) bond motifs is 6. The molecule has 4 nitrogen and oxygen atoms in total. The zero-order valence-electron chi connectivity index (χ0n) is 11.0. The first kappa shape index (κ1) is 10.6. The normalized spacial score (nSPS) is 14.4. The molecule has 0 unspecified atom stereocenters. The third-order valence-corrected chi connectivity index (χ3v) is 3.76. The van der Waals surface area contributed by atoms with Crippen LogP contribution in [0.2, 0.25) is 0 Å². The van der Waals surface area contributed by atoms with Crippen LogP contribution in [0.5, 0.6) is 0 Å². The van der Waals surface area contributed by atoms with Crippen molar-refractivity contribution in [3.63, 3.8) is 0 Å². The van der Waals surface area contributed by atoms with Gasteiger partial charge in [-0.05, 0) is 24.3 Å². The second kappa shape index (κ2) is 3.57. The monoisotopic (exact) mass is 250 g/mol. The lowest BCUT2D eigenvalue weighted by Crippen LogP contribution is -2.24. The molecule has 0 bridgehead atoms. The highest BCUT2D eigenvalue weighted by molar-refractivity contribution is 6.18. The number of rotatable bonds is 0. The highest BCUT2D eigenvalue weighted by Gasteiger charge is 2.26. The maximum atomic E-state index is 4.54. The summed E-state index contributed by atoms with van der Waals surface area (Å²) in [5.41, 5.74) is 4.48. The summed E-state index contributed by atoms with van der Waals surface area (Å²) in [5, 5.41) is 2.35. The van der Waals surface area contributed by atoms with Crippen molar-refractivity contribution in [2.24, 2.45) is 0 Å². The van der Waals surface area contributed by atoms with Gasteiger partial charge in [0.15, 0.2) is 0 Å². The summed E-state index contributed by atoms with van der Waals surface area (Å²) in [5.74, 6) is 0. The summed E-state index contributed by atoms with van der Waals surface area (Å²) in [4.78, 5) is 13.6. The fourth-order valence-corrected chi connectivity index (χ4v) is 3.06. The van der Waals surface area contributed by atoms with E-state index in [0.29, 0.717) is 0 Å². The van der Waals surface area contributed by atoms with E-state index in [1.165, 1.54) is 22.1 Å². The Morgan fingerprint density at radius 3 is 1.79 bits per heavy atom. The smallest absolute Gasteiger partial charge is 0.0986 e. The van der Waals surface area contributed by atoms with Crippen molar-refractivity contribution in [2.75, 3.05) is 30.6 Å². The van der Waals surface area contributed by atoms with Crippen LogP contribution in [0, 0.1) is 0 Å². The SMILES string of the molecule is CN1CN(C)c2c1c1cccnc1c1ncccc21. The molecule has 0 radical (unpaired) electrons. The zero-order valence-corrected chi connectivity index (χ0v) is 11.0. The van der Waals surface area contributed by atoms with Crippen molar-refractivity contribution in [1.29, 1.82) is 0 Å². The molecule has 0 aliphatic carbocycles. The van der Waals surface area contributed by atoms with Crippen molar-refractivity contribution in [3.05, 3.63) is 36.7 Å². The topological polar surface area (TPSA) is 32.3 Å². The van der Waals surface area contributed by atoms with E-state index in [9.17, 15) is 0 Å². The molecular formula is C15H14N4. The average Bonchev–Trinajstić information content (AvgIpc) is 2.75. The molecule has 2 aromatic heterocycles. The molecule has 0 atom stereocenters. The van der Waals surface area contributed by atoms with Crippen LogP contribution in [0.3, 0.4) is 0 Å². The minimum Gasteiger partial charge on any atom is -0.355 e. The molecule has 94 valence electrons. The van der Waals surface area contributed by atoms with E-state index in [4.69, 9.17) is 0 Å². The van der Waals surface area contributed by atoms with E-state index < -0.39 is 0 Å². The third-order valence-electron chi connectivity index (χ3n) is 3.76. The second-order valence-electron chi connectivity index (χ2n) is 5.03. The second-order valence-corrected chi connectivity index (χ2v) is 5.03. The molecule has 0 fully saturated rings. The number of benzene rings is 1. The van der Waals surface area contributed by atoms with E-state index in [2.05, 4.69) is 46.0 Å². The Labute approximate surface area is 111 Å². The molecule has 4 rings (SSSR count). The van der Waals surface area contributed by atoms with Crippen LogP contribution in [0.15, 0.2) is 36.7 Å². The van der Waals surface area contributed by atoms with E-state index >= 15 is 0 Å². The fraction of sp³-hybridized carbons (Fsp3) is 0.200. The highest BCUT2D eigenvalue weighted by Crippen LogP contribution is 2.45. The minimum atomic E-state index is 0.896. The van der Waals surface area contributed by atoms with Crippen molar-refractivity contribution < 1.29 is 0 Å². The van der Waals surface area contributed by atoms with Gasteiger partial charge in [-0.2, -0.15) is 0 Å². The lowest BCUT2D eigenvalue weighted by atomic mass is 10.1. The molecule has 0 saturated heterocycles. The van der Waals surface area contributed by atoms with E-state index in [1.807, 2.05) is 24.5 Å². The quantitative estimate of drug-likeness (QED) is 0.574. The molecule has 0 saturated carbocycles. The Morgan fingerprint density at radius 1 is 0.842 bits per heavy atom. The van der Waals surface area contributed by atoms with Gasteiger partial charge in [0.25, 0.3) is 0 Å². The van der Waals surface area contributed by atoms with Gasteiger partial charge in [0.2, 0.25) is 0 Å². The number of pyridine rings is 2. The molecule has 0 amide bonds. The van der Waals surface area contributed by atoms with Gasteiger partial charge >= 0.3 is 0 Å². The van der Waals surface area contributed by atoms with Gasteiger partial charge in [-0.25, -0.2) is 0 Å². The standard InChI is InChI=1S/C15H14N4/c1-18-9-19(2)15-11-6-4-8-17-13(11)12-10(14(15)18)5-3-7-16-12/h3-8H,9H2,1-2H3. The first-order valence-corrected chi connectivity index (χ1v) is 6.35. The van der Waals surface area contributed by atoms with Crippen LogP contribution in [-0.4, -0.2) is 30.7 Å². The maximum absolute atomic E-state index is 4.54. The molecule has 3 heterocycles. The van der Waals surface area contributed by atoms with Gasteiger partial charge in [-0.15, -0.1) is 0 Å². The molecular weight excluding hydrogens is 236 g/mol. The molecule has 19 heavy (non-hydrogen) atoms. The third kappa shape index (κ3) is 1.28. The Balaban J connectivity index is 2.31. The number of hydrogen-bond donors (Lipinski definition) is 0. The van der Waals surface area contributed by atoms with Gasteiger partial charge in [-0.3, -0.25) is 9.97 Å². The first-order valence-electron chi connectivity index (χ1n) is 6.35. The van der Waals surface area contributed by atoms with Crippen LogP contribution < -0.4 is 9.80 Å². The Bertz CT molecular complexity index is 730. The Morgan fingerprint density at radius 2 is 1.32 bits per heavy atom. The summed E-state index contributed by atoms with van der Waals surface area (Å²) in [6, 6.07) is 8.24. The van der Waals surface area contributed by atoms with Crippen LogP contribution in [0.1, 0.15) is 0 Å². The van der Waals surface area contributed by atoms with Crippen molar-refractivity contribution in [3.8, 4) is 0 Å². The van der Waals surface area contributed by atoms with E-state index in [0.717, 1.165) is 17.7 Å². The fourth-order valence-electron chi connectivity index (χ4n) is 3.06. The Kier molecular flexibility index (Phi) is 1.98. The molecule has 1 aliphatic heterocycles. The van der Waals surface area contributed by atoms with Crippen LogP contribution in [0.25, 0.3) is 21.8 Å². The highest BCUT2D eigenvalue weighted by atomic mass is 15.4. The summed E-state index contributed by atoms with van der Waals surface area (Å²) in [7, 11) is 4.24. The van der Waals surface area contributed by atoms with Gasteiger partial charge in [0.1, 0.15) is 0 Å². The Hall–Kier alpha value is -2.36. The molecule has 0 spiro atoms. The summed E-state index contributed by atoms with van der Waals surface area (Å²) >= 11 is 0. The molecule has 4 heteroatoms. The minimum absolute atomic E-state index is 0.896. The van der Waals surface area contributed by atoms with Crippen LogP contribution >= 0.6 is 0 Å². The predicted molar refractivity (Wildman–Crippen MR) is 78.7 cm³/mol. The van der Waals surface area contributed by atoms with Crippen molar-refractivity contribution in [1.82, 2.24) is 9.97 Å². The van der Waals surface area contributed by atoms with Crippen LogP contribution in [-0.2, 0) is 0 Å². The van der Waals surface area contributed by atoms with E-state index in [1.54, 1.807) is 0 Å². The van der Waals surface area contributed by atoms with Crippen LogP contribution in [0.4, 0.5) is 11.4 Å². The van der Waals surface area contributed by atoms with Gasteiger partial charge in [0, 0.05) is 37.3 Å². The number of anilines is 2. The van der Waals surface area contributed by atoms with Gasteiger partial charge in [-0.1, -0.05) is 0 Å². The van der Waals surface area contributed by atoms with E-state index in [-0.39, 0.29) is 0 Å². The molecule has 0 N–H and O–H groups in total. The molecule has 3 aromatic rings. The van der Waals surface area contributed by atoms with Gasteiger partial charge < -0.3 is 9.80 Å². The summed E-state index contributed by atoms with van der Waals surface area (Å²) < 4.78 is 0. The molecule has 1 aromatic carbocycles. The average molecular weight is 250 g/mol. The molecule has 1 aliphatic rings. The maximum Gasteiger partial charge on any atom is 0.0986 e. The zero-order chi connectivity index (χ0) is 13.0. The first-order chi connectivity index (χ1) is 9.27. The number of hydrogen-bond acceptors (Lipinski definition) is 4. The predicted octanol–water partition coefficient (Wildman–Crippen LogP) is 2.63. The van der Waals surface area contributed by atoms with Crippen molar-refractivity contribution >= 4 is 33.2 Å². The van der Waals surface area contributed by atoms with Gasteiger partial charge in [0.05, 0.1) is 29.1 Å². The van der Waals surface area contributed by atoms with Crippen molar-refractivity contribution in [2.45, 2.75) is 0 Å². The lowest BCUT2D eigenvalue weighted by molar-refractivity contribution is 0.918. The summed E-state index contributed by atoms with van der Waals surface area (Å²) in [6.45, 7) is 0.896.